The van der Waals surface area contributed by atoms with Crippen molar-refractivity contribution >= 4 is 28.9 Å². The van der Waals surface area contributed by atoms with E-state index in [0.29, 0.717) is 22.5 Å². The SMILES string of the molecule is CCOC(=O)c1cnn2ccc(NC(=O)Nc3ccc(C)c(C)c3)cc12. The first kappa shape index (κ1) is 17.5. The molecule has 2 aromatic heterocycles. The van der Waals surface area contributed by atoms with Crippen molar-refractivity contribution in [2.24, 2.45) is 0 Å². The summed E-state index contributed by atoms with van der Waals surface area (Å²) in [6, 6.07) is 8.73. The molecule has 0 aliphatic carbocycles. The zero-order valence-corrected chi connectivity index (χ0v) is 14.9. The summed E-state index contributed by atoms with van der Waals surface area (Å²) >= 11 is 0. The predicted molar refractivity (Wildman–Crippen MR) is 99.7 cm³/mol. The second kappa shape index (κ2) is 7.26. The number of rotatable bonds is 4. The molecule has 134 valence electrons. The van der Waals surface area contributed by atoms with Gasteiger partial charge >= 0.3 is 12.0 Å². The molecule has 0 spiro atoms. The second-order valence-corrected chi connectivity index (χ2v) is 5.90. The number of hydrogen-bond acceptors (Lipinski definition) is 4. The fraction of sp³-hybridized carbons (Fsp3) is 0.211. The normalized spacial score (nSPS) is 10.6. The van der Waals surface area contributed by atoms with Gasteiger partial charge < -0.3 is 15.4 Å². The number of benzene rings is 1. The highest BCUT2D eigenvalue weighted by molar-refractivity contribution is 6.01. The van der Waals surface area contributed by atoms with Crippen molar-refractivity contribution < 1.29 is 14.3 Å². The van der Waals surface area contributed by atoms with Gasteiger partial charge in [0, 0.05) is 17.6 Å². The second-order valence-electron chi connectivity index (χ2n) is 5.90. The van der Waals surface area contributed by atoms with Gasteiger partial charge in [0.2, 0.25) is 0 Å². The van der Waals surface area contributed by atoms with Crippen molar-refractivity contribution in [3.8, 4) is 0 Å². The van der Waals surface area contributed by atoms with Gasteiger partial charge in [-0.1, -0.05) is 6.07 Å². The molecule has 7 nitrogen and oxygen atoms in total. The molecule has 26 heavy (non-hydrogen) atoms. The Morgan fingerprint density at radius 1 is 1.08 bits per heavy atom. The highest BCUT2D eigenvalue weighted by Crippen LogP contribution is 2.18. The van der Waals surface area contributed by atoms with Crippen molar-refractivity contribution in [3.63, 3.8) is 0 Å². The van der Waals surface area contributed by atoms with Crippen molar-refractivity contribution in [2.45, 2.75) is 20.8 Å². The van der Waals surface area contributed by atoms with Crippen LogP contribution in [0.4, 0.5) is 16.2 Å². The van der Waals surface area contributed by atoms with E-state index < -0.39 is 5.97 Å². The van der Waals surface area contributed by atoms with Gasteiger partial charge in [-0.3, -0.25) is 0 Å². The Morgan fingerprint density at radius 2 is 1.81 bits per heavy atom. The van der Waals surface area contributed by atoms with Gasteiger partial charge in [-0.05, 0) is 56.2 Å². The van der Waals surface area contributed by atoms with Gasteiger partial charge in [-0.15, -0.1) is 0 Å². The van der Waals surface area contributed by atoms with E-state index in [2.05, 4.69) is 15.7 Å². The largest absolute Gasteiger partial charge is 0.462 e. The minimum Gasteiger partial charge on any atom is -0.462 e. The molecule has 0 aliphatic heterocycles. The Morgan fingerprint density at radius 3 is 2.50 bits per heavy atom. The van der Waals surface area contributed by atoms with Crippen LogP contribution in [0.2, 0.25) is 0 Å². The molecular formula is C19H20N4O3. The smallest absolute Gasteiger partial charge is 0.341 e. The molecule has 0 unspecified atom stereocenters. The lowest BCUT2D eigenvalue weighted by Crippen LogP contribution is -2.19. The van der Waals surface area contributed by atoms with Crippen molar-refractivity contribution in [2.75, 3.05) is 17.2 Å². The zero-order valence-electron chi connectivity index (χ0n) is 14.9. The number of carbonyl (C=O) groups excluding carboxylic acids is 2. The van der Waals surface area contributed by atoms with Gasteiger partial charge in [0.05, 0.1) is 18.3 Å². The highest BCUT2D eigenvalue weighted by atomic mass is 16.5. The Kier molecular flexibility index (Phi) is 4.88. The third-order valence-corrected chi connectivity index (χ3v) is 4.04. The first-order chi connectivity index (χ1) is 12.5. The number of nitrogens with zero attached hydrogens (tertiary/aromatic N) is 2. The summed E-state index contributed by atoms with van der Waals surface area (Å²) in [6.07, 6.45) is 3.12. The van der Waals surface area contributed by atoms with Gasteiger partial charge in [-0.25, -0.2) is 14.1 Å². The minimum absolute atomic E-state index is 0.284. The number of nitrogens with one attached hydrogen (secondary N) is 2. The van der Waals surface area contributed by atoms with Crippen LogP contribution < -0.4 is 10.6 Å². The molecule has 0 saturated heterocycles. The summed E-state index contributed by atoms with van der Waals surface area (Å²) in [6.45, 7) is 6.03. The first-order valence-corrected chi connectivity index (χ1v) is 8.27. The number of amides is 2. The van der Waals surface area contributed by atoms with Crippen molar-refractivity contribution in [1.82, 2.24) is 9.61 Å². The van der Waals surface area contributed by atoms with Gasteiger partial charge in [0.15, 0.2) is 0 Å². The van der Waals surface area contributed by atoms with Crippen molar-refractivity contribution in [3.05, 3.63) is 59.4 Å². The number of aryl methyl sites for hydroxylation is 2. The Labute approximate surface area is 151 Å². The van der Waals surface area contributed by atoms with Crippen LogP contribution in [0.15, 0.2) is 42.7 Å². The minimum atomic E-state index is -0.445. The summed E-state index contributed by atoms with van der Waals surface area (Å²) < 4.78 is 6.58. The predicted octanol–water partition coefficient (Wildman–Crippen LogP) is 3.77. The fourth-order valence-corrected chi connectivity index (χ4v) is 2.54. The lowest BCUT2D eigenvalue weighted by atomic mass is 10.1. The summed E-state index contributed by atoms with van der Waals surface area (Å²) in [5, 5.41) is 9.67. The Hall–Kier alpha value is -3.35. The van der Waals surface area contributed by atoms with Crippen LogP contribution in [0.5, 0.6) is 0 Å². The molecular weight excluding hydrogens is 332 g/mol. The maximum atomic E-state index is 12.2. The van der Waals surface area contributed by atoms with E-state index in [1.165, 1.54) is 6.20 Å². The lowest BCUT2D eigenvalue weighted by molar-refractivity contribution is 0.0528. The monoisotopic (exact) mass is 352 g/mol. The molecule has 7 heteroatoms. The number of pyridine rings is 1. The van der Waals surface area contributed by atoms with Gasteiger partial charge in [0.25, 0.3) is 0 Å². The molecule has 0 fully saturated rings. The summed E-state index contributed by atoms with van der Waals surface area (Å²) in [4.78, 5) is 24.2. The first-order valence-electron chi connectivity index (χ1n) is 8.27. The molecule has 0 saturated carbocycles. The summed E-state index contributed by atoms with van der Waals surface area (Å²) in [7, 11) is 0. The Balaban J connectivity index is 1.77. The standard InChI is InChI=1S/C19H20N4O3/c1-4-26-18(24)16-11-20-23-8-7-15(10-17(16)23)22-19(25)21-14-6-5-12(2)13(3)9-14/h5-11H,4H2,1-3H3,(H2,21,22,25). The molecule has 2 heterocycles. The number of ether oxygens (including phenoxy) is 1. The van der Waals surface area contributed by atoms with Gasteiger partial charge in [-0.2, -0.15) is 5.10 Å². The highest BCUT2D eigenvalue weighted by Gasteiger charge is 2.14. The number of hydrogen-bond donors (Lipinski definition) is 2. The van der Waals surface area contributed by atoms with E-state index in [0.717, 1.165) is 11.1 Å². The van der Waals surface area contributed by atoms with E-state index in [9.17, 15) is 9.59 Å². The molecule has 0 radical (unpaired) electrons. The topological polar surface area (TPSA) is 84.7 Å². The lowest BCUT2D eigenvalue weighted by Gasteiger charge is -2.10. The number of anilines is 2. The van der Waals surface area contributed by atoms with Crippen LogP contribution in [0, 0.1) is 13.8 Å². The van der Waals surface area contributed by atoms with E-state index in [-0.39, 0.29) is 12.6 Å². The van der Waals surface area contributed by atoms with Gasteiger partial charge in [0.1, 0.15) is 5.56 Å². The molecule has 0 atom stereocenters. The van der Waals surface area contributed by atoms with E-state index in [1.54, 1.807) is 29.8 Å². The molecule has 0 bridgehead atoms. The van der Waals surface area contributed by atoms with E-state index >= 15 is 0 Å². The zero-order chi connectivity index (χ0) is 18.7. The van der Waals surface area contributed by atoms with Crippen LogP contribution in [-0.4, -0.2) is 28.2 Å². The summed E-state index contributed by atoms with van der Waals surface area (Å²) in [5.74, 6) is -0.445. The molecule has 0 aliphatic rings. The quantitative estimate of drug-likeness (QED) is 0.700. The Bertz CT molecular complexity index is 978. The third-order valence-electron chi connectivity index (χ3n) is 4.04. The van der Waals surface area contributed by atoms with Crippen LogP contribution in [0.3, 0.4) is 0 Å². The summed E-state index contributed by atoms with van der Waals surface area (Å²) in [5.41, 5.74) is 4.43. The number of urea groups is 1. The fourth-order valence-electron chi connectivity index (χ4n) is 2.54. The van der Waals surface area contributed by atoms with Crippen LogP contribution in [-0.2, 0) is 4.74 Å². The van der Waals surface area contributed by atoms with Crippen LogP contribution in [0.1, 0.15) is 28.4 Å². The molecule has 3 aromatic rings. The van der Waals surface area contributed by atoms with Crippen LogP contribution in [0.25, 0.3) is 5.52 Å². The molecule has 2 amide bonds. The number of esters is 1. The molecule has 1 aromatic carbocycles. The number of aromatic nitrogens is 2. The maximum Gasteiger partial charge on any atom is 0.341 e. The van der Waals surface area contributed by atoms with E-state index in [1.807, 2.05) is 32.0 Å². The average Bonchev–Trinajstić information content (AvgIpc) is 3.01. The van der Waals surface area contributed by atoms with E-state index in [4.69, 9.17) is 4.74 Å². The van der Waals surface area contributed by atoms with Crippen molar-refractivity contribution in [1.29, 1.82) is 0 Å². The molecule has 3 rings (SSSR count). The van der Waals surface area contributed by atoms with Crippen LogP contribution >= 0.6 is 0 Å². The maximum absolute atomic E-state index is 12.2. The number of fused-ring (bicyclic) bond motifs is 1. The average molecular weight is 352 g/mol. The molecule has 2 N–H and O–H groups in total. The number of carbonyl (C=O) groups is 2. The third kappa shape index (κ3) is 3.66.